The van der Waals surface area contributed by atoms with E-state index in [2.05, 4.69) is 24.9 Å². The number of amides is 1. The molecule has 37 heavy (non-hydrogen) atoms. The molecule has 200 valence electrons. The maximum Gasteiger partial charge on any atom is 0.258 e. The van der Waals surface area contributed by atoms with Crippen LogP contribution >= 0.6 is 0 Å². The second-order valence-electron chi connectivity index (χ2n) is 11.6. The summed E-state index contributed by atoms with van der Waals surface area (Å²) in [6, 6.07) is 6.25. The van der Waals surface area contributed by atoms with Gasteiger partial charge >= 0.3 is 0 Å². The number of nitrogens with one attached hydrogen (secondary N) is 2. The monoisotopic (exact) mass is 529 g/mol. The number of carbonyl (C=O) groups excluding carboxylic acids is 1. The smallest absolute Gasteiger partial charge is 0.258 e. The van der Waals surface area contributed by atoms with Gasteiger partial charge in [-0.05, 0) is 77.0 Å². The van der Waals surface area contributed by atoms with Gasteiger partial charge in [0.05, 0.1) is 34.9 Å². The summed E-state index contributed by atoms with van der Waals surface area (Å²) in [5, 5.41) is 13.2. The number of hydrogen-bond donors (Lipinski definition) is 3. The summed E-state index contributed by atoms with van der Waals surface area (Å²) in [5.41, 5.74) is 0.0731. The van der Waals surface area contributed by atoms with Crippen molar-refractivity contribution in [1.29, 1.82) is 0 Å². The van der Waals surface area contributed by atoms with Gasteiger partial charge in [-0.2, -0.15) is 0 Å². The molecule has 3 aliphatic rings. The Morgan fingerprint density at radius 2 is 1.78 bits per heavy atom. The number of rotatable bonds is 7. The van der Waals surface area contributed by atoms with Crippen molar-refractivity contribution in [3.05, 3.63) is 41.3 Å². The number of nitrogens with zero attached hydrogens (tertiary/aromatic N) is 3. The Morgan fingerprint density at radius 3 is 2.35 bits per heavy atom. The average molecular weight is 530 g/mol. The number of aliphatic hydroxyl groups is 1. The molecule has 5 rings (SSSR count). The average Bonchev–Trinajstić information content (AvgIpc) is 3.55. The Balaban J connectivity index is 1.46. The standard InChI is InChI=1S/C26H35N5O5S/c1-17-13-21(29-23(27-17)24(2,3)33)28-22(32)19-6-5-18(37(34,35)30-25(4)15-36-16-25)14-20(19)31-11-9-26(7-8-26)10-12-31/h5-6,13-14,30,33H,7-12,15-16H2,1-4H3,(H,27,28,29,32). The van der Waals surface area contributed by atoms with Crippen molar-refractivity contribution >= 4 is 27.4 Å². The summed E-state index contributed by atoms with van der Waals surface area (Å²) in [6.45, 7) is 8.89. The minimum absolute atomic E-state index is 0.112. The first kappa shape index (κ1) is 26.0. The molecule has 3 fully saturated rings. The number of ether oxygens (including phenoxy) is 1. The summed E-state index contributed by atoms with van der Waals surface area (Å²) in [4.78, 5) is 24.3. The summed E-state index contributed by atoms with van der Waals surface area (Å²) in [6.07, 6.45) is 4.53. The molecule has 2 aromatic rings. The van der Waals surface area contributed by atoms with Gasteiger partial charge in [-0.3, -0.25) is 4.79 Å². The fourth-order valence-corrected chi connectivity index (χ4v) is 6.37. The van der Waals surface area contributed by atoms with E-state index in [4.69, 9.17) is 4.74 Å². The molecular formula is C26H35N5O5S. The van der Waals surface area contributed by atoms with E-state index in [0.717, 1.165) is 25.9 Å². The van der Waals surface area contributed by atoms with Crippen LogP contribution in [0, 0.1) is 12.3 Å². The first-order chi connectivity index (χ1) is 17.3. The van der Waals surface area contributed by atoms with E-state index in [0.29, 0.717) is 35.6 Å². The van der Waals surface area contributed by atoms with Crippen LogP contribution in [0.5, 0.6) is 0 Å². The van der Waals surface area contributed by atoms with Crippen LogP contribution < -0.4 is 14.9 Å². The van der Waals surface area contributed by atoms with E-state index in [1.807, 2.05) is 6.92 Å². The number of benzene rings is 1. The third-order valence-electron chi connectivity index (χ3n) is 7.51. The second kappa shape index (κ2) is 9.00. The van der Waals surface area contributed by atoms with Gasteiger partial charge in [-0.25, -0.2) is 23.1 Å². The number of carbonyl (C=O) groups is 1. The van der Waals surface area contributed by atoms with Gasteiger partial charge in [-0.1, -0.05) is 0 Å². The minimum atomic E-state index is -3.82. The maximum atomic E-state index is 13.5. The van der Waals surface area contributed by atoms with Gasteiger partial charge in [0.15, 0.2) is 5.82 Å². The molecule has 1 spiro atoms. The van der Waals surface area contributed by atoms with Crippen LogP contribution in [-0.4, -0.2) is 61.2 Å². The highest BCUT2D eigenvalue weighted by Crippen LogP contribution is 2.54. The molecule has 11 heteroatoms. The van der Waals surface area contributed by atoms with Gasteiger partial charge in [-0.15, -0.1) is 0 Å². The predicted octanol–water partition coefficient (Wildman–Crippen LogP) is 2.71. The van der Waals surface area contributed by atoms with E-state index in [-0.39, 0.29) is 16.5 Å². The molecule has 1 aromatic heterocycles. The van der Waals surface area contributed by atoms with Gasteiger partial charge in [0.2, 0.25) is 10.0 Å². The van der Waals surface area contributed by atoms with Crippen molar-refractivity contribution < 1.29 is 23.1 Å². The van der Waals surface area contributed by atoms with Crippen LogP contribution in [-0.2, 0) is 20.4 Å². The first-order valence-electron chi connectivity index (χ1n) is 12.7. The zero-order chi connectivity index (χ0) is 26.6. The highest BCUT2D eigenvalue weighted by molar-refractivity contribution is 7.89. The highest BCUT2D eigenvalue weighted by Gasteiger charge is 2.45. The third kappa shape index (κ3) is 5.50. The molecule has 0 radical (unpaired) electrons. The van der Waals surface area contributed by atoms with Crippen molar-refractivity contribution in [2.45, 2.75) is 69.4 Å². The summed E-state index contributed by atoms with van der Waals surface area (Å²) >= 11 is 0. The fraction of sp³-hybridized carbons (Fsp3) is 0.577. The van der Waals surface area contributed by atoms with Crippen molar-refractivity contribution in [2.75, 3.05) is 36.5 Å². The van der Waals surface area contributed by atoms with Crippen LogP contribution in [0.3, 0.4) is 0 Å². The quantitative estimate of drug-likeness (QED) is 0.499. The molecular weight excluding hydrogens is 494 g/mol. The topological polar surface area (TPSA) is 134 Å². The van der Waals surface area contributed by atoms with Crippen molar-refractivity contribution in [3.8, 4) is 0 Å². The fourth-order valence-electron chi connectivity index (χ4n) is 4.97. The van der Waals surface area contributed by atoms with Crippen molar-refractivity contribution in [1.82, 2.24) is 14.7 Å². The minimum Gasteiger partial charge on any atom is -0.382 e. The van der Waals surface area contributed by atoms with Crippen LogP contribution in [0.1, 0.15) is 68.3 Å². The first-order valence-corrected chi connectivity index (χ1v) is 14.2. The summed E-state index contributed by atoms with van der Waals surface area (Å²) in [5.74, 6) is 0.0694. The molecule has 3 N–H and O–H groups in total. The van der Waals surface area contributed by atoms with Crippen LogP contribution in [0.2, 0.25) is 0 Å². The van der Waals surface area contributed by atoms with Crippen LogP contribution in [0.4, 0.5) is 11.5 Å². The molecule has 2 saturated heterocycles. The highest BCUT2D eigenvalue weighted by atomic mass is 32.2. The Hall–Kier alpha value is -2.60. The van der Waals surface area contributed by atoms with E-state index in [1.54, 1.807) is 39.0 Å². The Bertz CT molecular complexity index is 1320. The lowest BCUT2D eigenvalue weighted by Gasteiger charge is -2.38. The van der Waals surface area contributed by atoms with Gasteiger partial charge in [0, 0.05) is 24.8 Å². The van der Waals surface area contributed by atoms with Crippen LogP contribution in [0.25, 0.3) is 0 Å². The Morgan fingerprint density at radius 1 is 1.11 bits per heavy atom. The van der Waals surface area contributed by atoms with E-state index in [1.165, 1.54) is 18.9 Å². The third-order valence-corrected chi connectivity index (χ3v) is 9.15. The number of anilines is 2. The van der Waals surface area contributed by atoms with E-state index >= 15 is 0 Å². The van der Waals surface area contributed by atoms with E-state index < -0.39 is 27.1 Å². The number of hydrogen-bond acceptors (Lipinski definition) is 8. The second-order valence-corrected chi connectivity index (χ2v) is 13.2. The lowest BCUT2D eigenvalue weighted by molar-refractivity contribution is -0.0523. The molecule has 10 nitrogen and oxygen atoms in total. The zero-order valence-electron chi connectivity index (χ0n) is 21.8. The molecule has 1 aliphatic carbocycles. The predicted molar refractivity (Wildman–Crippen MR) is 139 cm³/mol. The number of aryl methyl sites for hydroxylation is 1. The summed E-state index contributed by atoms with van der Waals surface area (Å²) in [7, 11) is -3.82. The molecule has 1 aromatic carbocycles. The largest absolute Gasteiger partial charge is 0.382 e. The Kier molecular flexibility index (Phi) is 6.33. The van der Waals surface area contributed by atoms with Crippen molar-refractivity contribution in [3.63, 3.8) is 0 Å². The van der Waals surface area contributed by atoms with E-state index in [9.17, 15) is 18.3 Å². The molecule has 0 bridgehead atoms. The number of aromatic nitrogens is 2. The number of sulfonamides is 1. The maximum absolute atomic E-state index is 13.5. The molecule has 1 saturated carbocycles. The summed E-state index contributed by atoms with van der Waals surface area (Å²) < 4.78 is 34.3. The lowest BCUT2D eigenvalue weighted by atomic mass is 9.93. The van der Waals surface area contributed by atoms with Crippen molar-refractivity contribution in [2.24, 2.45) is 5.41 Å². The van der Waals surface area contributed by atoms with Gasteiger partial charge < -0.3 is 20.1 Å². The Labute approximate surface area is 217 Å². The molecule has 0 atom stereocenters. The molecule has 2 aliphatic heterocycles. The molecule has 0 unspecified atom stereocenters. The van der Waals surface area contributed by atoms with Gasteiger partial charge in [0.1, 0.15) is 11.4 Å². The zero-order valence-corrected chi connectivity index (χ0v) is 22.6. The normalized spacial score (nSPS) is 20.4. The lowest BCUT2D eigenvalue weighted by Crippen LogP contribution is -2.59. The number of piperidine rings is 1. The molecule has 3 heterocycles. The van der Waals surface area contributed by atoms with Crippen LogP contribution in [0.15, 0.2) is 29.2 Å². The molecule has 1 amide bonds. The SMILES string of the molecule is Cc1cc(NC(=O)c2ccc(S(=O)(=O)NC3(C)COC3)cc2N2CCC3(CC2)CC3)nc(C(C)(C)O)n1. The van der Waals surface area contributed by atoms with Gasteiger partial charge in [0.25, 0.3) is 5.91 Å².